The van der Waals surface area contributed by atoms with Gasteiger partial charge in [0.15, 0.2) is 0 Å². The number of carbonyl (C=O) groups is 1. The van der Waals surface area contributed by atoms with Crippen LogP contribution in [0.4, 0.5) is 0 Å². The Kier molecular flexibility index (Phi) is 2.71. The topological polar surface area (TPSA) is 74.0 Å². The molecule has 1 N–H and O–H groups in total. The van der Waals surface area contributed by atoms with E-state index in [0.717, 1.165) is 6.07 Å². The second-order valence-electron chi connectivity index (χ2n) is 2.07. The molecule has 0 aliphatic heterocycles. The van der Waals surface area contributed by atoms with Crippen LogP contribution in [0.5, 0.6) is 0 Å². The molecule has 0 amide bonds. The number of nitriles is 1. The number of nitrogens with zero attached hydrogens (tertiary/aromatic N) is 2. The fourth-order valence-corrected chi connectivity index (χ4v) is 1.33. The van der Waals surface area contributed by atoms with E-state index >= 15 is 0 Å². The van der Waals surface area contributed by atoms with Crippen LogP contribution in [0.2, 0.25) is 10.2 Å². The van der Waals surface area contributed by atoms with Gasteiger partial charge in [0.1, 0.15) is 22.5 Å². The number of carboxylic acids is 1. The largest absolute Gasteiger partial charge is 0.478 e. The Morgan fingerprint density at radius 2 is 2.23 bits per heavy atom. The summed E-state index contributed by atoms with van der Waals surface area (Å²) in [6.45, 7) is 0. The van der Waals surface area contributed by atoms with Crippen molar-refractivity contribution in [1.82, 2.24) is 4.98 Å². The molecule has 0 saturated heterocycles. The molecule has 66 valence electrons. The van der Waals surface area contributed by atoms with Gasteiger partial charge in [-0.05, 0) is 6.07 Å². The Morgan fingerprint density at radius 1 is 1.62 bits per heavy atom. The lowest BCUT2D eigenvalue weighted by molar-refractivity contribution is 0.0697. The Balaban J connectivity index is 3.42. The van der Waals surface area contributed by atoms with Crippen molar-refractivity contribution < 1.29 is 9.90 Å². The number of rotatable bonds is 1. The zero-order valence-corrected chi connectivity index (χ0v) is 7.60. The monoisotopic (exact) mass is 216 g/mol. The quantitative estimate of drug-likeness (QED) is 0.729. The number of hydrogen-bond acceptors (Lipinski definition) is 3. The summed E-state index contributed by atoms with van der Waals surface area (Å²) in [5.41, 5.74) is -0.303. The first-order valence-electron chi connectivity index (χ1n) is 3.05. The second kappa shape index (κ2) is 3.60. The van der Waals surface area contributed by atoms with Gasteiger partial charge in [-0.3, -0.25) is 0 Å². The molecule has 1 aromatic rings. The molecule has 0 aromatic carbocycles. The highest BCUT2D eigenvalue weighted by Gasteiger charge is 2.15. The molecule has 1 aromatic heterocycles. The number of aromatic carboxylic acids is 1. The molecule has 0 aliphatic rings. The highest BCUT2D eigenvalue weighted by molar-refractivity contribution is 6.38. The minimum Gasteiger partial charge on any atom is -0.478 e. The van der Waals surface area contributed by atoms with Crippen molar-refractivity contribution in [3.8, 4) is 6.07 Å². The van der Waals surface area contributed by atoms with E-state index in [1.54, 1.807) is 6.07 Å². The van der Waals surface area contributed by atoms with Crippen molar-refractivity contribution in [2.24, 2.45) is 0 Å². The lowest BCUT2D eigenvalue weighted by Gasteiger charge is -2.00. The smallest absolute Gasteiger partial charge is 0.340 e. The second-order valence-corrected chi connectivity index (χ2v) is 2.84. The van der Waals surface area contributed by atoms with E-state index in [0.29, 0.717) is 0 Å². The summed E-state index contributed by atoms with van der Waals surface area (Å²) in [7, 11) is 0. The number of halogens is 2. The predicted octanol–water partition coefficient (Wildman–Crippen LogP) is 1.96. The van der Waals surface area contributed by atoms with Gasteiger partial charge in [0.05, 0.1) is 5.02 Å². The summed E-state index contributed by atoms with van der Waals surface area (Å²) in [6, 6.07) is 2.85. The maximum atomic E-state index is 10.6. The van der Waals surface area contributed by atoms with Crippen LogP contribution in [-0.4, -0.2) is 16.1 Å². The maximum Gasteiger partial charge on any atom is 0.340 e. The van der Waals surface area contributed by atoms with E-state index in [4.69, 9.17) is 33.6 Å². The average molecular weight is 217 g/mol. The van der Waals surface area contributed by atoms with Crippen LogP contribution in [0, 0.1) is 11.3 Å². The molecule has 4 nitrogen and oxygen atoms in total. The fraction of sp³-hybridized carbons (Fsp3) is 0. The van der Waals surface area contributed by atoms with Crippen molar-refractivity contribution in [3.63, 3.8) is 0 Å². The summed E-state index contributed by atoms with van der Waals surface area (Å²) in [6.07, 6.45) is 0. The van der Waals surface area contributed by atoms with Crippen molar-refractivity contribution in [2.45, 2.75) is 0 Å². The minimum atomic E-state index is -1.27. The van der Waals surface area contributed by atoms with Crippen LogP contribution in [-0.2, 0) is 0 Å². The number of carboxylic acid groups (broad SMARTS) is 1. The molecular weight excluding hydrogens is 215 g/mol. The lowest BCUT2D eigenvalue weighted by Crippen LogP contribution is -2.01. The van der Waals surface area contributed by atoms with Gasteiger partial charge >= 0.3 is 5.97 Å². The van der Waals surface area contributed by atoms with Crippen LogP contribution >= 0.6 is 23.2 Å². The summed E-state index contributed by atoms with van der Waals surface area (Å²) >= 11 is 11.0. The molecule has 0 bridgehead atoms. The van der Waals surface area contributed by atoms with Gasteiger partial charge in [0.2, 0.25) is 0 Å². The Labute approximate surface area is 83.3 Å². The van der Waals surface area contributed by atoms with Crippen molar-refractivity contribution >= 4 is 29.2 Å². The Hall–Kier alpha value is -1.31. The Bertz CT molecular complexity index is 388. The minimum absolute atomic E-state index is 0.0139. The zero-order valence-electron chi connectivity index (χ0n) is 6.08. The highest BCUT2D eigenvalue weighted by Crippen LogP contribution is 2.23. The van der Waals surface area contributed by atoms with Crippen molar-refractivity contribution in [3.05, 3.63) is 27.5 Å². The fourth-order valence-electron chi connectivity index (χ4n) is 0.732. The summed E-state index contributed by atoms with van der Waals surface area (Å²) in [5.74, 6) is -1.27. The molecule has 0 radical (unpaired) electrons. The predicted molar refractivity (Wildman–Crippen MR) is 45.9 cm³/mol. The molecular formula is C7H2Cl2N2O2. The third-order valence-electron chi connectivity index (χ3n) is 1.26. The molecule has 0 saturated carbocycles. The number of pyridine rings is 1. The van der Waals surface area contributed by atoms with E-state index in [-0.39, 0.29) is 21.4 Å². The molecule has 0 atom stereocenters. The molecule has 1 heterocycles. The van der Waals surface area contributed by atoms with Crippen LogP contribution < -0.4 is 0 Å². The first-order chi connectivity index (χ1) is 6.06. The molecule has 1 rings (SSSR count). The molecule has 0 spiro atoms. The van der Waals surface area contributed by atoms with E-state index < -0.39 is 5.97 Å². The Morgan fingerprint density at radius 3 is 2.62 bits per heavy atom. The average Bonchev–Trinajstić information content (AvgIpc) is 2.02. The number of hydrogen-bond donors (Lipinski definition) is 1. The van der Waals surface area contributed by atoms with Gasteiger partial charge in [0, 0.05) is 0 Å². The lowest BCUT2D eigenvalue weighted by atomic mass is 10.2. The van der Waals surface area contributed by atoms with Gasteiger partial charge in [-0.25, -0.2) is 9.78 Å². The van der Waals surface area contributed by atoms with Gasteiger partial charge in [0.25, 0.3) is 0 Å². The molecule has 6 heteroatoms. The molecule has 0 unspecified atom stereocenters. The third kappa shape index (κ3) is 1.89. The summed E-state index contributed by atoms with van der Waals surface area (Å²) in [4.78, 5) is 14.1. The van der Waals surface area contributed by atoms with Crippen LogP contribution in [0.25, 0.3) is 0 Å². The summed E-state index contributed by atoms with van der Waals surface area (Å²) < 4.78 is 0. The van der Waals surface area contributed by atoms with E-state index in [2.05, 4.69) is 4.98 Å². The first-order valence-corrected chi connectivity index (χ1v) is 3.81. The van der Waals surface area contributed by atoms with E-state index in [1.165, 1.54) is 0 Å². The number of aromatic nitrogens is 1. The maximum absolute atomic E-state index is 10.6. The normalized spacial score (nSPS) is 9.31. The van der Waals surface area contributed by atoms with Crippen molar-refractivity contribution in [2.75, 3.05) is 0 Å². The molecule has 0 aliphatic carbocycles. The van der Waals surface area contributed by atoms with Gasteiger partial charge < -0.3 is 5.11 Å². The van der Waals surface area contributed by atoms with Gasteiger partial charge in [-0.15, -0.1) is 0 Å². The zero-order chi connectivity index (χ0) is 10.0. The van der Waals surface area contributed by atoms with Crippen LogP contribution in [0.1, 0.15) is 16.1 Å². The van der Waals surface area contributed by atoms with Crippen LogP contribution in [0.15, 0.2) is 6.07 Å². The molecule has 0 fully saturated rings. The van der Waals surface area contributed by atoms with E-state index in [9.17, 15) is 4.79 Å². The van der Waals surface area contributed by atoms with Gasteiger partial charge in [-0.1, -0.05) is 23.2 Å². The van der Waals surface area contributed by atoms with Gasteiger partial charge in [-0.2, -0.15) is 5.26 Å². The third-order valence-corrected chi connectivity index (χ3v) is 1.83. The molecule has 13 heavy (non-hydrogen) atoms. The highest BCUT2D eigenvalue weighted by atomic mass is 35.5. The van der Waals surface area contributed by atoms with E-state index in [1.807, 2.05) is 0 Å². The first kappa shape index (κ1) is 9.78. The van der Waals surface area contributed by atoms with Crippen molar-refractivity contribution in [1.29, 1.82) is 5.26 Å². The standard InChI is InChI=1S/C7H2Cl2N2O2/c8-4-1-3(2-10)11-6(9)5(4)7(12)13/h1H,(H,12,13). The van der Waals surface area contributed by atoms with Crippen LogP contribution in [0.3, 0.4) is 0 Å². The summed E-state index contributed by atoms with van der Waals surface area (Å²) in [5, 5.41) is 16.7. The SMILES string of the molecule is N#Cc1cc(Cl)c(C(=O)O)c(Cl)n1.